The molecule has 0 radical (unpaired) electrons. The summed E-state index contributed by atoms with van der Waals surface area (Å²) in [5, 5.41) is 24.1. The number of hydrogen-bond acceptors (Lipinski definition) is 13. The highest BCUT2D eigenvalue weighted by Crippen LogP contribution is 2.20. The largest absolute Gasteiger partial charge is 0.476 e. The first-order valence-corrected chi connectivity index (χ1v) is 11.5. The quantitative estimate of drug-likeness (QED) is 0.326. The maximum absolute atomic E-state index is 11.4. The molecule has 0 aliphatic carbocycles. The zero-order valence-corrected chi connectivity index (χ0v) is 20.6. The predicted molar refractivity (Wildman–Crippen MR) is 130 cm³/mol. The monoisotopic (exact) mass is 512 g/mol. The Balaban J connectivity index is 0.000000202. The van der Waals surface area contributed by atoms with Crippen molar-refractivity contribution in [3.05, 3.63) is 71.1 Å². The molecule has 0 saturated heterocycles. The van der Waals surface area contributed by atoms with Gasteiger partial charge in [0.05, 0.1) is 31.1 Å². The average molecular weight is 513 g/mol. The number of rotatable bonds is 9. The molecular weight excluding hydrogens is 488 g/mol. The van der Waals surface area contributed by atoms with Gasteiger partial charge in [-0.25, -0.2) is 9.59 Å². The molecule has 188 valence electrons. The molecule has 4 aromatic heterocycles. The Morgan fingerprint density at radius 3 is 2.11 bits per heavy atom. The number of hydrogen-bond donors (Lipinski definition) is 1. The van der Waals surface area contributed by atoms with Crippen LogP contribution in [0, 0.1) is 0 Å². The van der Waals surface area contributed by atoms with Crippen LogP contribution < -0.4 is 9.80 Å². The van der Waals surface area contributed by atoms with Gasteiger partial charge >= 0.3 is 23.8 Å². The number of anilines is 2. The van der Waals surface area contributed by atoms with E-state index >= 15 is 0 Å². The molecule has 0 bridgehead atoms. The fourth-order valence-electron chi connectivity index (χ4n) is 2.71. The molecular formula is C22H24N8O5S. The zero-order valence-electron chi connectivity index (χ0n) is 19.8. The van der Waals surface area contributed by atoms with Gasteiger partial charge < -0.3 is 24.1 Å². The van der Waals surface area contributed by atoms with Crippen molar-refractivity contribution in [2.75, 3.05) is 30.5 Å². The van der Waals surface area contributed by atoms with Crippen molar-refractivity contribution in [2.45, 2.75) is 20.0 Å². The molecule has 0 spiro atoms. The summed E-state index contributed by atoms with van der Waals surface area (Å²) in [5.41, 5.74) is 1.75. The number of nitrogens with zero attached hydrogens (tertiary/aromatic N) is 8. The summed E-state index contributed by atoms with van der Waals surface area (Å²) in [4.78, 5) is 34.0. The fraction of sp³-hybridized carbons (Fsp3) is 0.273. The van der Waals surface area contributed by atoms with Gasteiger partial charge in [-0.2, -0.15) is 0 Å². The molecule has 0 unspecified atom stereocenters. The van der Waals surface area contributed by atoms with Gasteiger partial charge in [0.1, 0.15) is 0 Å². The molecule has 4 aromatic rings. The second kappa shape index (κ2) is 12.9. The second-order valence-corrected chi connectivity index (χ2v) is 8.12. The van der Waals surface area contributed by atoms with E-state index in [1.54, 1.807) is 31.3 Å². The number of carbonyl (C=O) groups excluding carboxylic acids is 1. The lowest BCUT2D eigenvalue weighted by Crippen LogP contribution is -2.17. The summed E-state index contributed by atoms with van der Waals surface area (Å²) in [6.07, 6.45) is 3.42. The Kier molecular flexibility index (Phi) is 9.33. The van der Waals surface area contributed by atoms with Gasteiger partial charge in [0, 0.05) is 26.5 Å². The van der Waals surface area contributed by atoms with E-state index in [9.17, 15) is 9.59 Å². The lowest BCUT2D eigenvalue weighted by atomic mass is 10.3. The third kappa shape index (κ3) is 7.53. The van der Waals surface area contributed by atoms with E-state index < -0.39 is 11.9 Å². The molecule has 36 heavy (non-hydrogen) atoms. The normalized spacial score (nSPS) is 10.2. The number of aromatic carboxylic acids is 1. The van der Waals surface area contributed by atoms with E-state index in [2.05, 4.69) is 30.4 Å². The number of carboxylic acid groups (broad SMARTS) is 1. The average Bonchev–Trinajstić information content (AvgIpc) is 3.57. The fourth-order valence-corrected chi connectivity index (χ4v) is 3.35. The van der Waals surface area contributed by atoms with Gasteiger partial charge in [-0.05, 0) is 31.2 Å². The number of aromatic nitrogens is 6. The lowest BCUT2D eigenvalue weighted by molar-refractivity contribution is 0.0481. The van der Waals surface area contributed by atoms with Crippen molar-refractivity contribution < 1.29 is 23.8 Å². The van der Waals surface area contributed by atoms with Gasteiger partial charge in [-0.15, -0.1) is 10.2 Å². The molecule has 0 aliphatic rings. The highest BCUT2D eigenvalue weighted by atomic mass is 32.1. The number of carboxylic acids is 1. The molecule has 0 amide bonds. The van der Waals surface area contributed by atoms with Crippen molar-refractivity contribution in [2.24, 2.45) is 0 Å². The van der Waals surface area contributed by atoms with E-state index in [0.29, 0.717) is 18.2 Å². The summed E-state index contributed by atoms with van der Waals surface area (Å²) >= 11 is 1.04. The molecule has 14 heteroatoms. The van der Waals surface area contributed by atoms with E-state index in [4.69, 9.17) is 14.3 Å². The van der Waals surface area contributed by atoms with Crippen LogP contribution in [0.15, 0.2) is 53.2 Å². The van der Waals surface area contributed by atoms with Crippen LogP contribution in [-0.2, 0) is 17.8 Å². The maximum Gasteiger partial charge on any atom is 0.396 e. The summed E-state index contributed by atoms with van der Waals surface area (Å²) < 4.78 is 10.0. The van der Waals surface area contributed by atoms with Crippen LogP contribution in [0.1, 0.15) is 38.8 Å². The van der Waals surface area contributed by atoms with E-state index in [1.807, 2.05) is 48.3 Å². The summed E-state index contributed by atoms with van der Waals surface area (Å²) in [7, 11) is 3.60. The van der Waals surface area contributed by atoms with Crippen molar-refractivity contribution >= 4 is 34.4 Å². The van der Waals surface area contributed by atoms with Crippen LogP contribution in [0.3, 0.4) is 0 Å². The lowest BCUT2D eigenvalue weighted by Gasteiger charge is -2.13. The van der Waals surface area contributed by atoms with Crippen molar-refractivity contribution in [3.8, 4) is 0 Å². The molecule has 0 saturated carbocycles. The van der Waals surface area contributed by atoms with Gasteiger partial charge in [-0.3, -0.25) is 9.97 Å². The minimum Gasteiger partial charge on any atom is -0.476 e. The number of pyridine rings is 2. The maximum atomic E-state index is 11.4. The third-order valence-corrected chi connectivity index (χ3v) is 5.39. The molecule has 0 fully saturated rings. The van der Waals surface area contributed by atoms with Crippen molar-refractivity contribution in [3.63, 3.8) is 0 Å². The Hall–Kier alpha value is -4.46. The molecule has 1 N–H and O–H groups in total. The second-order valence-electron chi connectivity index (χ2n) is 7.16. The van der Waals surface area contributed by atoms with Crippen molar-refractivity contribution in [1.29, 1.82) is 0 Å². The molecule has 0 atom stereocenters. The standard InChI is InChI=1S/C12H14N4O3.C10H10N4O2S/c1-3-18-11(17)10-14-15-12(19-10)16(2)8-9-6-4-5-7-13-9;1-14(6-7-4-2-3-5-11-7)10-13-12-8(17-10)9(15)16/h4-7H,3,8H2,1-2H3;2-5H,6H2,1H3,(H,15,16). The van der Waals surface area contributed by atoms with Gasteiger partial charge in [0.15, 0.2) is 0 Å². The van der Waals surface area contributed by atoms with Crippen LogP contribution in [0.25, 0.3) is 0 Å². The first-order valence-electron chi connectivity index (χ1n) is 10.7. The number of ether oxygens (including phenoxy) is 1. The Labute approximate surface area is 210 Å². The summed E-state index contributed by atoms with van der Waals surface area (Å²) in [5.74, 6) is -1.82. The highest BCUT2D eigenvalue weighted by Gasteiger charge is 2.18. The topological polar surface area (TPSA) is 161 Å². The minimum absolute atomic E-state index is 0.00660. The Morgan fingerprint density at radius 2 is 1.58 bits per heavy atom. The summed E-state index contributed by atoms with van der Waals surface area (Å²) in [6.45, 7) is 3.04. The zero-order chi connectivity index (χ0) is 25.9. The van der Waals surface area contributed by atoms with E-state index in [1.165, 1.54) is 0 Å². The van der Waals surface area contributed by atoms with Crippen LogP contribution >= 0.6 is 11.3 Å². The Bertz CT molecular complexity index is 1250. The summed E-state index contributed by atoms with van der Waals surface area (Å²) in [6, 6.07) is 11.5. The smallest absolute Gasteiger partial charge is 0.396 e. The SMILES string of the molecule is CCOC(=O)c1nnc(N(C)Cc2ccccn2)o1.CN(Cc1ccccn1)c1nnc(C(=O)O)s1. The third-order valence-electron chi connectivity index (χ3n) is 4.37. The van der Waals surface area contributed by atoms with Gasteiger partial charge in [-0.1, -0.05) is 33.7 Å². The van der Waals surface area contributed by atoms with Gasteiger partial charge in [0.25, 0.3) is 0 Å². The molecule has 4 rings (SSSR count). The van der Waals surface area contributed by atoms with Crippen LogP contribution in [0.2, 0.25) is 0 Å². The van der Waals surface area contributed by atoms with E-state index in [-0.39, 0.29) is 23.5 Å². The Morgan fingerprint density at radius 1 is 0.944 bits per heavy atom. The molecule has 0 aliphatic heterocycles. The van der Waals surface area contributed by atoms with Crippen LogP contribution in [0.5, 0.6) is 0 Å². The van der Waals surface area contributed by atoms with E-state index in [0.717, 1.165) is 22.7 Å². The predicted octanol–water partition coefficient (Wildman–Crippen LogP) is 2.55. The first-order chi connectivity index (χ1) is 17.4. The highest BCUT2D eigenvalue weighted by molar-refractivity contribution is 7.17. The molecule has 4 heterocycles. The molecule has 0 aromatic carbocycles. The minimum atomic E-state index is -1.06. The van der Waals surface area contributed by atoms with Crippen LogP contribution in [0.4, 0.5) is 11.1 Å². The first kappa shape index (κ1) is 26.2. The number of carbonyl (C=O) groups is 2. The van der Waals surface area contributed by atoms with Crippen molar-refractivity contribution in [1.82, 2.24) is 30.4 Å². The molecule has 13 nitrogen and oxygen atoms in total. The van der Waals surface area contributed by atoms with Crippen LogP contribution in [-0.4, -0.2) is 68.1 Å². The number of esters is 1. The van der Waals surface area contributed by atoms with Gasteiger partial charge in [0.2, 0.25) is 10.1 Å².